The van der Waals surface area contributed by atoms with Gasteiger partial charge in [0.2, 0.25) is 0 Å². The van der Waals surface area contributed by atoms with Crippen LogP contribution in [-0.2, 0) is 0 Å². The number of nitrogens with zero attached hydrogens (tertiary/aromatic N) is 2. The summed E-state index contributed by atoms with van der Waals surface area (Å²) in [6, 6.07) is 3.70. The molecule has 0 aliphatic carbocycles. The molecule has 1 atom stereocenters. The summed E-state index contributed by atoms with van der Waals surface area (Å²) in [5.74, 6) is 1.06. The smallest absolute Gasteiger partial charge is 0.129 e. The van der Waals surface area contributed by atoms with Gasteiger partial charge in [-0.25, -0.2) is 4.98 Å². The van der Waals surface area contributed by atoms with E-state index in [4.69, 9.17) is 11.1 Å². The summed E-state index contributed by atoms with van der Waals surface area (Å²) in [6.07, 6.45) is 7.62. The quantitative estimate of drug-likeness (QED) is 0.648. The Hall–Kier alpha value is -1.23. The second kappa shape index (κ2) is 6.09. The van der Waals surface area contributed by atoms with Gasteiger partial charge in [-0.3, -0.25) is 5.41 Å². The lowest BCUT2D eigenvalue weighted by Crippen LogP contribution is -2.26. The summed E-state index contributed by atoms with van der Waals surface area (Å²) >= 11 is 1.96. The van der Waals surface area contributed by atoms with Crippen molar-refractivity contribution in [2.45, 2.75) is 24.5 Å². The predicted octanol–water partition coefficient (Wildman–Crippen LogP) is 2.09. The van der Waals surface area contributed by atoms with Gasteiger partial charge >= 0.3 is 0 Å². The molecule has 2 heterocycles. The Morgan fingerprint density at radius 3 is 3.06 bits per heavy atom. The minimum atomic E-state index is 0.107. The molecule has 1 aromatic heterocycles. The molecule has 1 aliphatic heterocycles. The molecule has 1 saturated heterocycles. The summed E-state index contributed by atoms with van der Waals surface area (Å²) < 4.78 is 0. The highest BCUT2D eigenvalue weighted by Crippen LogP contribution is 2.24. The zero-order chi connectivity index (χ0) is 13.0. The largest absolute Gasteiger partial charge is 0.384 e. The average molecular weight is 264 g/mol. The van der Waals surface area contributed by atoms with E-state index in [-0.39, 0.29) is 5.84 Å². The number of amidine groups is 1. The molecule has 0 amide bonds. The second-order valence-corrected chi connectivity index (χ2v) is 5.73. The molecule has 5 heteroatoms. The molecule has 18 heavy (non-hydrogen) atoms. The molecule has 98 valence electrons. The lowest BCUT2D eigenvalue weighted by molar-refractivity contribution is 0.745. The maximum Gasteiger partial charge on any atom is 0.129 e. The van der Waals surface area contributed by atoms with Crippen molar-refractivity contribution in [3.05, 3.63) is 23.9 Å². The van der Waals surface area contributed by atoms with E-state index in [0.717, 1.165) is 29.7 Å². The van der Waals surface area contributed by atoms with Gasteiger partial charge in [-0.2, -0.15) is 11.8 Å². The Bertz CT molecular complexity index is 421. The van der Waals surface area contributed by atoms with Crippen LogP contribution >= 0.6 is 11.8 Å². The summed E-state index contributed by atoms with van der Waals surface area (Å²) in [4.78, 5) is 6.71. The molecule has 3 N–H and O–H groups in total. The number of thioether (sulfide) groups is 1. The van der Waals surface area contributed by atoms with Gasteiger partial charge in [0.25, 0.3) is 0 Å². The standard InChI is InChI=1S/C13H20N4S/c1-18-11-3-2-7-17(8-5-11)12-9-10(13(14)15)4-6-16-12/h4,6,9,11H,2-3,5,7-8H2,1H3,(H3,14,15). The van der Waals surface area contributed by atoms with E-state index in [2.05, 4.69) is 16.1 Å². The Morgan fingerprint density at radius 2 is 2.33 bits per heavy atom. The second-order valence-electron chi connectivity index (χ2n) is 4.59. The fourth-order valence-corrected chi connectivity index (χ4v) is 3.03. The fourth-order valence-electron chi connectivity index (χ4n) is 2.29. The summed E-state index contributed by atoms with van der Waals surface area (Å²) in [5, 5.41) is 8.25. The van der Waals surface area contributed by atoms with Crippen molar-refractivity contribution in [1.29, 1.82) is 5.41 Å². The Kier molecular flexibility index (Phi) is 4.47. The Balaban J connectivity index is 2.11. The first-order chi connectivity index (χ1) is 8.70. The lowest BCUT2D eigenvalue weighted by atomic mass is 10.2. The van der Waals surface area contributed by atoms with Gasteiger partial charge in [-0.1, -0.05) is 0 Å². The van der Waals surface area contributed by atoms with E-state index >= 15 is 0 Å². The van der Waals surface area contributed by atoms with Crippen LogP contribution in [0.15, 0.2) is 18.3 Å². The van der Waals surface area contributed by atoms with Gasteiger partial charge in [0.1, 0.15) is 11.7 Å². The van der Waals surface area contributed by atoms with Gasteiger partial charge in [-0.05, 0) is 37.7 Å². The molecule has 2 rings (SSSR count). The van der Waals surface area contributed by atoms with Crippen LogP contribution in [-0.4, -0.2) is 35.4 Å². The number of aromatic nitrogens is 1. The van der Waals surface area contributed by atoms with Crippen molar-refractivity contribution in [2.24, 2.45) is 5.73 Å². The predicted molar refractivity (Wildman–Crippen MR) is 78.6 cm³/mol. The SMILES string of the molecule is CSC1CCCN(c2cc(C(=N)N)ccn2)CC1. The van der Waals surface area contributed by atoms with Gasteiger partial charge in [0.15, 0.2) is 0 Å². The van der Waals surface area contributed by atoms with Crippen LogP contribution in [0.25, 0.3) is 0 Å². The summed E-state index contributed by atoms with van der Waals surface area (Å²) in [5.41, 5.74) is 6.28. The number of nitrogen functional groups attached to an aromatic ring is 1. The van der Waals surface area contributed by atoms with Crippen molar-refractivity contribution >= 4 is 23.4 Å². The number of rotatable bonds is 3. The van der Waals surface area contributed by atoms with Crippen LogP contribution in [0, 0.1) is 5.41 Å². The molecule has 1 aliphatic rings. The molecule has 1 fully saturated rings. The van der Waals surface area contributed by atoms with E-state index in [1.165, 1.54) is 19.3 Å². The maximum atomic E-state index is 7.48. The van der Waals surface area contributed by atoms with Crippen molar-refractivity contribution in [1.82, 2.24) is 4.98 Å². The summed E-state index contributed by atoms with van der Waals surface area (Å²) in [7, 11) is 0. The molecule has 0 radical (unpaired) electrons. The molecule has 1 aromatic rings. The van der Waals surface area contributed by atoms with Crippen LogP contribution in [0.5, 0.6) is 0 Å². The van der Waals surface area contributed by atoms with Crippen molar-refractivity contribution in [2.75, 3.05) is 24.2 Å². The Morgan fingerprint density at radius 1 is 1.50 bits per heavy atom. The minimum Gasteiger partial charge on any atom is -0.384 e. The third-order valence-corrected chi connectivity index (χ3v) is 4.53. The molecule has 0 saturated carbocycles. The number of anilines is 1. The van der Waals surface area contributed by atoms with Gasteiger partial charge in [0, 0.05) is 30.1 Å². The molecule has 0 aromatic carbocycles. The van der Waals surface area contributed by atoms with Crippen LogP contribution in [0.3, 0.4) is 0 Å². The first kappa shape index (κ1) is 13.2. The highest BCUT2D eigenvalue weighted by molar-refractivity contribution is 7.99. The molecule has 1 unspecified atom stereocenters. The Labute approximate surface area is 112 Å². The van der Waals surface area contributed by atoms with Crippen molar-refractivity contribution in [3.63, 3.8) is 0 Å². The highest BCUT2D eigenvalue weighted by Gasteiger charge is 2.17. The molecule has 0 spiro atoms. The van der Waals surface area contributed by atoms with Crippen LogP contribution < -0.4 is 10.6 Å². The van der Waals surface area contributed by atoms with Crippen LogP contribution in [0.1, 0.15) is 24.8 Å². The monoisotopic (exact) mass is 264 g/mol. The number of nitrogens with two attached hydrogens (primary N) is 1. The van der Waals surface area contributed by atoms with Crippen molar-refractivity contribution in [3.8, 4) is 0 Å². The third kappa shape index (κ3) is 3.16. The summed E-state index contributed by atoms with van der Waals surface area (Å²) in [6.45, 7) is 2.09. The van der Waals surface area contributed by atoms with E-state index in [1.807, 2.05) is 17.8 Å². The lowest BCUT2D eigenvalue weighted by Gasteiger charge is -2.22. The van der Waals surface area contributed by atoms with Gasteiger partial charge < -0.3 is 10.6 Å². The minimum absolute atomic E-state index is 0.107. The number of hydrogen-bond acceptors (Lipinski definition) is 4. The van der Waals surface area contributed by atoms with E-state index in [9.17, 15) is 0 Å². The number of hydrogen-bond donors (Lipinski definition) is 2. The van der Waals surface area contributed by atoms with Crippen molar-refractivity contribution < 1.29 is 0 Å². The normalized spacial score (nSPS) is 20.5. The number of pyridine rings is 1. The maximum absolute atomic E-state index is 7.48. The van der Waals surface area contributed by atoms with Crippen LogP contribution in [0.4, 0.5) is 5.82 Å². The van der Waals surface area contributed by atoms with Crippen LogP contribution in [0.2, 0.25) is 0 Å². The zero-order valence-electron chi connectivity index (χ0n) is 10.7. The third-order valence-electron chi connectivity index (χ3n) is 3.39. The fraction of sp³-hybridized carbons (Fsp3) is 0.538. The molecule has 4 nitrogen and oxygen atoms in total. The average Bonchev–Trinajstić information content (AvgIpc) is 2.64. The van der Waals surface area contributed by atoms with E-state index in [1.54, 1.807) is 12.3 Å². The first-order valence-corrected chi connectivity index (χ1v) is 7.57. The molecular formula is C13H20N4S. The molecular weight excluding hydrogens is 244 g/mol. The highest BCUT2D eigenvalue weighted by atomic mass is 32.2. The van der Waals surface area contributed by atoms with Gasteiger partial charge in [-0.15, -0.1) is 0 Å². The number of nitrogens with one attached hydrogen (secondary N) is 1. The van der Waals surface area contributed by atoms with E-state index in [0.29, 0.717) is 0 Å². The first-order valence-electron chi connectivity index (χ1n) is 6.29. The van der Waals surface area contributed by atoms with E-state index < -0.39 is 0 Å². The van der Waals surface area contributed by atoms with Gasteiger partial charge in [0.05, 0.1) is 0 Å². The zero-order valence-corrected chi connectivity index (χ0v) is 11.5. The topological polar surface area (TPSA) is 66.0 Å². The molecule has 0 bridgehead atoms.